The number of guanidine groups is 1. The van der Waals surface area contributed by atoms with Crippen LogP contribution in [-0.4, -0.2) is 29.0 Å². The van der Waals surface area contributed by atoms with Gasteiger partial charge in [-0.2, -0.15) is 5.26 Å². The molecule has 0 radical (unpaired) electrons. The van der Waals surface area contributed by atoms with E-state index in [0.717, 1.165) is 65.2 Å². The number of pyridine rings is 1. The smallest absolute Gasteiger partial charge is 0.196 e. The molecule has 0 atom stereocenters. The Bertz CT molecular complexity index is 1110. The molecule has 0 spiro atoms. The molecule has 3 heterocycles. The highest BCUT2D eigenvalue weighted by Gasteiger charge is 2.12. The van der Waals surface area contributed by atoms with Crippen LogP contribution in [0.25, 0.3) is 11.3 Å². The SMILES string of the molecule is Cc1cc(Cc2nc(-c3cccc(C#N)c3)cs2)c(C)nc1NC1=NCCCN1. The lowest BCUT2D eigenvalue weighted by atomic mass is 10.1. The Hall–Kier alpha value is -3.24. The molecule has 3 aromatic rings. The standard InChI is InChI=1S/C22H22N6S/c1-14-9-18(15(2)26-21(14)28-22-24-7-4-8-25-22)11-20-27-19(13-29-20)17-6-3-5-16(10-17)12-23/h3,5-6,9-10,13H,4,7-8,11H2,1-2H3,(H2,24,25,26,28). The first kappa shape index (κ1) is 19.1. The van der Waals surface area contributed by atoms with Crippen molar-refractivity contribution < 1.29 is 0 Å². The summed E-state index contributed by atoms with van der Waals surface area (Å²) < 4.78 is 0. The molecule has 1 aliphatic heterocycles. The number of nitrogens with one attached hydrogen (secondary N) is 2. The molecule has 0 saturated heterocycles. The highest BCUT2D eigenvalue weighted by atomic mass is 32.1. The second-order valence-electron chi connectivity index (χ2n) is 7.03. The number of nitriles is 1. The van der Waals surface area contributed by atoms with Gasteiger partial charge in [-0.15, -0.1) is 11.3 Å². The topological polar surface area (TPSA) is 86.0 Å². The summed E-state index contributed by atoms with van der Waals surface area (Å²) >= 11 is 1.63. The molecule has 29 heavy (non-hydrogen) atoms. The summed E-state index contributed by atoms with van der Waals surface area (Å²) in [5, 5.41) is 18.8. The predicted molar refractivity (Wildman–Crippen MR) is 117 cm³/mol. The van der Waals surface area contributed by atoms with E-state index in [-0.39, 0.29) is 0 Å². The second kappa shape index (κ2) is 8.41. The van der Waals surface area contributed by atoms with Crippen molar-refractivity contribution in [3.63, 3.8) is 0 Å². The van der Waals surface area contributed by atoms with Crippen molar-refractivity contribution in [3.8, 4) is 17.3 Å². The van der Waals surface area contributed by atoms with Gasteiger partial charge in [-0.25, -0.2) is 9.97 Å². The zero-order valence-corrected chi connectivity index (χ0v) is 17.3. The lowest BCUT2D eigenvalue weighted by Gasteiger charge is -2.17. The quantitative estimate of drug-likeness (QED) is 0.688. The number of aryl methyl sites for hydroxylation is 2. The Labute approximate surface area is 174 Å². The average Bonchev–Trinajstić information content (AvgIpc) is 3.21. The molecule has 0 saturated carbocycles. The number of benzene rings is 1. The molecule has 2 aromatic heterocycles. The van der Waals surface area contributed by atoms with Crippen LogP contribution in [0.5, 0.6) is 0 Å². The van der Waals surface area contributed by atoms with Gasteiger partial charge in [-0.05, 0) is 43.5 Å². The fourth-order valence-corrected chi connectivity index (χ4v) is 4.06. The van der Waals surface area contributed by atoms with Gasteiger partial charge in [0.15, 0.2) is 5.96 Å². The Kier molecular flexibility index (Phi) is 5.54. The molecule has 0 fully saturated rings. The van der Waals surface area contributed by atoms with Gasteiger partial charge < -0.3 is 10.6 Å². The van der Waals surface area contributed by atoms with Gasteiger partial charge in [0.25, 0.3) is 0 Å². The van der Waals surface area contributed by atoms with Crippen LogP contribution >= 0.6 is 11.3 Å². The van der Waals surface area contributed by atoms with E-state index in [9.17, 15) is 0 Å². The maximum atomic E-state index is 9.10. The van der Waals surface area contributed by atoms with Gasteiger partial charge in [0.1, 0.15) is 5.82 Å². The van der Waals surface area contributed by atoms with Gasteiger partial charge in [-0.3, -0.25) is 4.99 Å². The first-order valence-electron chi connectivity index (χ1n) is 9.60. The molecule has 0 aliphatic carbocycles. The molecule has 7 heteroatoms. The summed E-state index contributed by atoms with van der Waals surface area (Å²) in [7, 11) is 0. The Morgan fingerprint density at radius 2 is 2.14 bits per heavy atom. The molecular weight excluding hydrogens is 380 g/mol. The number of rotatable bonds is 4. The third-order valence-corrected chi connectivity index (χ3v) is 5.67. The number of hydrogen-bond acceptors (Lipinski definition) is 7. The summed E-state index contributed by atoms with van der Waals surface area (Å²) in [5.41, 5.74) is 5.75. The minimum atomic E-state index is 0.646. The number of thiazole rings is 1. The predicted octanol–water partition coefficient (Wildman–Crippen LogP) is 4.05. The Balaban J connectivity index is 1.52. The number of nitrogens with zero attached hydrogens (tertiary/aromatic N) is 4. The molecule has 1 aliphatic rings. The zero-order chi connectivity index (χ0) is 20.2. The van der Waals surface area contributed by atoms with E-state index in [1.807, 2.05) is 30.5 Å². The van der Waals surface area contributed by atoms with Crippen LogP contribution in [-0.2, 0) is 6.42 Å². The third kappa shape index (κ3) is 4.44. The molecular formula is C22H22N6S. The van der Waals surface area contributed by atoms with Crippen LogP contribution in [0.2, 0.25) is 0 Å². The van der Waals surface area contributed by atoms with Crippen molar-refractivity contribution in [2.24, 2.45) is 4.99 Å². The summed E-state index contributed by atoms with van der Waals surface area (Å²) in [6.07, 6.45) is 1.80. The molecule has 1 aromatic carbocycles. The fourth-order valence-electron chi connectivity index (χ4n) is 3.23. The van der Waals surface area contributed by atoms with Crippen molar-refractivity contribution in [3.05, 3.63) is 63.1 Å². The second-order valence-corrected chi connectivity index (χ2v) is 7.97. The summed E-state index contributed by atoms with van der Waals surface area (Å²) in [5.74, 6) is 1.63. The van der Waals surface area contributed by atoms with E-state index in [4.69, 9.17) is 15.2 Å². The lowest BCUT2D eigenvalue weighted by Crippen LogP contribution is -2.35. The van der Waals surface area contributed by atoms with Gasteiger partial charge >= 0.3 is 0 Å². The highest BCUT2D eigenvalue weighted by Crippen LogP contribution is 2.26. The van der Waals surface area contributed by atoms with Crippen molar-refractivity contribution in [2.45, 2.75) is 26.7 Å². The van der Waals surface area contributed by atoms with Crippen LogP contribution < -0.4 is 10.6 Å². The Morgan fingerprint density at radius 1 is 1.24 bits per heavy atom. The van der Waals surface area contributed by atoms with Crippen LogP contribution in [0.1, 0.15) is 33.8 Å². The zero-order valence-electron chi connectivity index (χ0n) is 16.5. The van der Waals surface area contributed by atoms with Crippen molar-refractivity contribution in [1.29, 1.82) is 5.26 Å². The molecule has 0 unspecified atom stereocenters. The number of hydrogen-bond donors (Lipinski definition) is 2. The van der Waals surface area contributed by atoms with E-state index >= 15 is 0 Å². The van der Waals surface area contributed by atoms with Crippen LogP contribution in [0.3, 0.4) is 0 Å². The molecule has 0 amide bonds. The first-order valence-corrected chi connectivity index (χ1v) is 10.5. The average molecular weight is 403 g/mol. The van der Waals surface area contributed by atoms with Crippen molar-refractivity contribution in [2.75, 3.05) is 18.4 Å². The van der Waals surface area contributed by atoms with E-state index in [1.165, 1.54) is 5.56 Å². The molecule has 4 rings (SSSR count). The molecule has 6 nitrogen and oxygen atoms in total. The highest BCUT2D eigenvalue weighted by molar-refractivity contribution is 7.10. The molecule has 2 N–H and O–H groups in total. The van der Waals surface area contributed by atoms with E-state index in [1.54, 1.807) is 17.4 Å². The van der Waals surface area contributed by atoms with Gasteiger partial charge in [0.05, 0.1) is 22.3 Å². The summed E-state index contributed by atoms with van der Waals surface area (Å²) in [6.45, 7) is 5.87. The van der Waals surface area contributed by atoms with E-state index in [0.29, 0.717) is 5.56 Å². The number of anilines is 1. The monoisotopic (exact) mass is 402 g/mol. The number of aliphatic imine (C=N–C) groups is 1. The molecule has 0 bridgehead atoms. The maximum Gasteiger partial charge on any atom is 0.196 e. The van der Waals surface area contributed by atoms with Crippen LogP contribution in [0.15, 0.2) is 40.7 Å². The van der Waals surface area contributed by atoms with Crippen LogP contribution in [0, 0.1) is 25.2 Å². The number of aromatic nitrogens is 2. The summed E-state index contributed by atoms with van der Waals surface area (Å²) in [6, 6.07) is 11.9. The van der Waals surface area contributed by atoms with Gasteiger partial charge in [0.2, 0.25) is 0 Å². The van der Waals surface area contributed by atoms with Gasteiger partial charge in [0, 0.05) is 36.1 Å². The van der Waals surface area contributed by atoms with Gasteiger partial charge in [-0.1, -0.05) is 18.2 Å². The minimum absolute atomic E-state index is 0.646. The van der Waals surface area contributed by atoms with E-state index in [2.05, 4.69) is 34.7 Å². The Morgan fingerprint density at radius 3 is 2.93 bits per heavy atom. The maximum absolute atomic E-state index is 9.10. The third-order valence-electron chi connectivity index (χ3n) is 4.82. The normalized spacial score (nSPS) is 13.3. The van der Waals surface area contributed by atoms with Crippen LogP contribution in [0.4, 0.5) is 5.82 Å². The van der Waals surface area contributed by atoms with Crippen molar-refractivity contribution in [1.82, 2.24) is 15.3 Å². The molecule has 146 valence electrons. The largest absolute Gasteiger partial charge is 0.356 e. The van der Waals surface area contributed by atoms with Crippen molar-refractivity contribution >= 4 is 23.1 Å². The van der Waals surface area contributed by atoms with E-state index < -0.39 is 0 Å². The lowest BCUT2D eigenvalue weighted by molar-refractivity contribution is 0.739. The minimum Gasteiger partial charge on any atom is -0.356 e. The summed E-state index contributed by atoms with van der Waals surface area (Å²) in [4.78, 5) is 14.0. The fraction of sp³-hybridized carbons (Fsp3) is 0.273. The first-order chi connectivity index (χ1) is 14.1.